The number of nitrogens with zero attached hydrogens (tertiary/aromatic N) is 1. The summed E-state index contributed by atoms with van der Waals surface area (Å²) in [6.45, 7) is 3.64. The highest BCUT2D eigenvalue weighted by Gasteiger charge is 2.41. The lowest BCUT2D eigenvalue weighted by molar-refractivity contribution is -0.414. The van der Waals surface area contributed by atoms with E-state index >= 15 is 0 Å². The molecule has 0 spiro atoms. The Kier molecular flexibility index (Phi) is 2.33. The van der Waals surface area contributed by atoms with Gasteiger partial charge in [0.2, 0.25) is 0 Å². The molecule has 0 N–H and O–H groups in total. The molecule has 0 radical (unpaired) electrons. The van der Waals surface area contributed by atoms with Gasteiger partial charge < -0.3 is 14.4 Å². The summed E-state index contributed by atoms with van der Waals surface area (Å²) in [5, 5.41) is 0. The average Bonchev–Trinajstić information content (AvgIpc) is 2.54. The molecule has 1 fully saturated rings. The third-order valence-corrected chi connectivity index (χ3v) is 3.30. The van der Waals surface area contributed by atoms with E-state index in [-0.39, 0.29) is 12.2 Å². The summed E-state index contributed by atoms with van der Waals surface area (Å²) in [4.78, 5) is 13.9. The standard InChI is InChI=1S/C14H15NO3/c1-9-17-14(2,18-9)8-11-10-6-4-5-7-12(10)15(3)13(11)16/h4-9H,1-3H3/b11-8+. The van der Waals surface area contributed by atoms with E-state index in [2.05, 4.69) is 0 Å². The van der Waals surface area contributed by atoms with Gasteiger partial charge in [-0.2, -0.15) is 0 Å². The van der Waals surface area contributed by atoms with E-state index in [1.807, 2.05) is 38.1 Å². The number of para-hydroxylation sites is 1. The highest BCUT2D eigenvalue weighted by molar-refractivity contribution is 6.32. The monoisotopic (exact) mass is 245 g/mol. The van der Waals surface area contributed by atoms with Crippen molar-refractivity contribution in [1.29, 1.82) is 0 Å². The van der Waals surface area contributed by atoms with Crippen LogP contribution < -0.4 is 4.90 Å². The number of benzene rings is 1. The maximum Gasteiger partial charge on any atom is 0.258 e. The summed E-state index contributed by atoms with van der Waals surface area (Å²) in [5.41, 5.74) is 2.49. The fourth-order valence-corrected chi connectivity index (χ4v) is 2.54. The van der Waals surface area contributed by atoms with Crippen LogP contribution in [0.5, 0.6) is 0 Å². The van der Waals surface area contributed by atoms with Gasteiger partial charge in [-0.05, 0) is 26.0 Å². The van der Waals surface area contributed by atoms with Gasteiger partial charge in [0.05, 0.1) is 11.3 Å². The van der Waals surface area contributed by atoms with E-state index in [1.165, 1.54) is 0 Å². The van der Waals surface area contributed by atoms with E-state index in [0.29, 0.717) is 5.57 Å². The molecule has 1 amide bonds. The number of fused-ring (bicyclic) bond motifs is 1. The molecular formula is C14H15NO3. The summed E-state index contributed by atoms with van der Waals surface area (Å²) in [5.74, 6) is -0.813. The summed E-state index contributed by atoms with van der Waals surface area (Å²) < 4.78 is 11.0. The van der Waals surface area contributed by atoms with Gasteiger partial charge in [-0.1, -0.05) is 18.2 Å². The molecule has 1 aromatic rings. The fourth-order valence-electron chi connectivity index (χ4n) is 2.54. The number of carbonyl (C=O) groups excluding carboxylic acids is 1. The number of carbonyl (C=O) groups is 1. The number of anilines is 1. The number of likely N-dealkylation sites (N-methyl/N-ethyl adjacent to an activating group) is 1. The molecule has 0 saturated carbocycles. The molecule has 94 valence electrons. The number of rotatable bonds is 1. The van der Waals surface area contributed by atoms with Crippen molar-refractivity contribution in [3.8, 4) is 0 Å². The highest BCUT2D eigenvalue weighted by Crippen LogP contribution is 2.39. The summed E-state index contributed by atoms with van der Waals surface area (Å²) >= 11 is 0. The Bertz CT molecular complexity index is 544. The molecule has 0 bridgehead atoms. The topological polar surface area (TPSA) is 38.8 Å². The van der Waals surface area contributed by atoms with Crippen molar-refractivity contribution in [2.75, 3.05) is 11.9 Å². The average molecular weight is 245 g/mol. The van der Waals surface area contributed by atoms with Crippen LogP contribution in [0.15, 0.2) is 30.3 Å². The molecule has 4 heteroatoms. The minimum atomic E-state index is -0.789. The lowest BCUT2D eigenvalue weighted by Crippen LogP contribution is -2.48. The molecular weight excluding hydrogens is 230 g/mol. The molecule has 4 nitrogen and oxygen atoms in total. The predicted octanol–water partition coefficient (Wildman–Crippen LogP) is 2.16. The molecule has 2 aliphatic rings. The second-order valence-electron chi connectivity index (χ2n) is 4.76. The smallest absolute Gasteiger partial charge is 0.258 e. The van der Waals surface area contributed by atoms with Gasteiger partial charge in [-0.25, -0.2) is 0 Å². The van der Waals surface area contributed by atoms with Crippen LogP contribution in [0.4, 0.5) is 5.69 Å². The zero-order chi connectivity index (χ0) is 12.9. The van der Waals surface area contributed by atoms with E-state index in [4.69, 9.17) is 9.47 Å². The molecule has 3 rings (SSSR count). The minimum absolute atomic E-state index is 0.0239. The molecule has 0 unspecified atom stereocenters. The molecule has 18 heavy (non-hydrogen) atoms. The van der Waals surface area contributed by atoms with Crippen molar-refractivity contribution in [1.82, 2.24) is 0 Å². The zero-order valence-electron chi connectivity index (χ0n) is 10.6. The molecule has 0 aliphatic carbocycles. The first kappa shape index (κ1) is 11.4. The Morgan fingerprint density at radius 2 is 2.00 bits per heavy atom. The van der Waals surface area contributed by atoms with Gasteiger partial charge in [0, 0.05) is 12.6 Å². The second kappa shape index (κ2) is 3.67. The van der Waals surface area contributed by atoms with Crippen LogP contribution >= 0.6 is 0 Å². The van der Waals surface area contributed by atoms with E-state index < -0.39 is 5.79 Å². The number of ether oxygens (including phenoxy) is 2. The minimum Gasteiger partial charge on any atom is -0.318 e. The number of amides is 1. The van der Waals surface area contributed by atoms with Crippen molar-refractivity contribution < 1.29 is 14.3 Å². The van der Waals surface area contributed by atoms with Gasteiger partial charge in [-0.3, -0.25) is 4.79 Å². The zero-order valence-corrected chi connectivity index (χ0v) is 10.6. The van der Waals surface area contributed by atoms with E-state index in [0.717, 1.165) is 11.3 Å². The van der Waals surface area contributed by atoms with Gasteiger partial charge >= 0.3 is 0 Å². The van der Waals surface area contributed by atoms with Crippen LogP contribution in [-0.2, 0) is 14.3 Å². The van der Waals surface area contributed by atoms with Crippen LogP contribution in [0.25, 0.3) is 5.57 Å². The van der Waals surface area contributed by atoms with E-state index in [1.54, 1.807) is 18.0 Å². The SMILES string of the molecule is CC1OC(C)(/C=C2/C(=O)N(C)c3ccccc32)O1. The first-order valence-electron chi connectivity index (χ1n) is 5.96. The van der Waals surface area contributed by atoms with Crippen LogP contribution in [0, 0.1) is 0 Å². The van der Waals surface area contributed by atoms with Crippen LogP contribution in [0.3, 0.4) is 0 Å². The fraction of sp³-hybridized carbons (Fsp3) is 0.357. The number of hydrogen-bond donors (Lipinski definition) is 0. The first-order chi connectivity index (χ1) is 8.50. The molecule has 2 aliphatic heterocycles. The van der Waals surface area contributed by atoms with Gasteiger partial charge in [0.1, 0.15) is 0 Å². The molecule has 1 saturated heterocycles. The quantitative estimate of drug-likeness (QED) is 0.712. The van der Waals surface area contributed by atoms with Crippen molar-refractivity contribution in [2.45, 2.75) is 25.9 Å². The third-order valence-electron chi connectivity index (χ3n) is 3.30. The lowest BCUT2D eigenvalue weighted by atomic mass is 10.0. The number of hydrogen-bond acceptors (Lipinski definition) is 3. The lowest BCUT2D eigenvalue weighted by Gasteiger charge is -2.41. The van der Waals surface area contributed by atoms with Crippen molar-refractivity contribution in [3.63, 3.8) is 0 Å². The van der Waals surface area contributed by atoms with Crippen molar-refractivity contribution >= 4 is 17.2 Å². The van der Waals surface area contributed by atoms with Crippen molar-refractivity contribution in [3.05, 3.63) is 35.9 Å². The second-order valence-corrected chi connectivity index (χ2v) is 4.76. The maximum absolute atomic E-state index is 12.2. The molecule has 0 aromatic heterocycles. The van der Waals surface area contributed by atoms with Crippen LogP contribution in [0.1, 0.15) is 19.4 Å². The maximum atomic E-state index is 12.2. The Morgan fingerprint density at radius 1 is 1.33 bits per heavy atom. The van der Waals surface area contributed by atoms with Gasteiger partial charge in [0.15, 0.2) is 12.1 Å². The van der Waals surface area contributed by atoms with Crippen molar-refractivity contribution in [2.24, 2.45) is 0 Å². The Balaban J connectivity index is 2.03. The Morgan fingerprint density at radius 3 is 2.67 bits per heavy atom. The first-order valence-corrected chi connectivity index (χ1v) is 5.96. The molecule has 2 heterocycles. The van der Waals surface area contributed by atoms with E-state index in [9.17, 15) is 4.79 Å². The largest absolute Gasteiger partial charge is 0.318 e. The molecule has 1 aromatic carbocycles. The van der Waals surface area contributed by atoms with Gasteiger partial charge in [0.25, 0.3) is 5.91 Å². The van der Waals surface area contributed by atoms with Crippen LogP contribution in [-0.4, -0.2) is 25.0 Å². The Hall–Kier alpha value is -1.65. The summed E-state index contributed by atoms with van der Waals surface area (Å²) in [7, 11) is 1.77. The third kappa shape index (κ3) is 1.57. The van der Waals surface area contributed by atoms with Gasteiger partial charge in [-0.15, -0.1) is 0 Å². The summed E-state index contributed by atoms with van der Waals surface area (Å²) in [6.07, 6.45) is 1.55. The summed E-state index contributed by atoms with van der Waals surface area (Å²) in [6, 6.07) is 7.72. The predicted molar refractivity (Wildman–Crippen MR) is 67.9 cm³/mol. The Labute approximate surface area is 106 Å². The molecule has 0 atom stereocenters. The van der Waals surface area contributed by atoms with Crippen LogP contribution in [0.2, 0.25) is 0 Å². The normalized spacial score (nSPS) is 32.6. The highest BCUT2D eigenvalue weighted by atomic mass is 16.9.